The first-order valence-electron chi connectivity index (χ1n) is 10.3. The smallest absolute Gasteiger partial charge is 0.320 e. The number of benzene rings is 3. The van der Waals surface area contributed by atoms with E-state index in [-0.39, 0.29) is 23.3 Å². The van der Waals surface area contributed by atoms with Gasteiger partial charge in [0.15, 0.2) is 11.2 Å². The number of imidazole rings is 1. The maximum Gasteiger partial charge on any atom is 0.337 e. The Kier molecular flexibility index (Phi) is 5.18. The Bertz CT molecular complexity index is 1570. The third kappa shape index (κ3) is 3.76. The molecule has 0 saturated carbocycles. The highest BCUT2D eigenvalue weighted by Crippen LogP contribution is 2.16. The second-order valence-corrected chi connectivity index (χ2v) is 7.61. The molecule has 0 fully saturated rings. The number of hydrogen-bond donors (Lipinski definition) is 0. The Morgan fingerprint density at radius 1 is 0.788 bits per heavy atom. The van der Waals surface area contributed by atoms with Crippen molar-refractivity contribution in [2.45, 2.75) is 13.1 Å². The Hall–Kier alpha value is -4.33. The van der Waals surface area contributed by atoms with Crippen LogP contribution in [0.3, 0.4) is 0 Å². The highest BCUT2D eigenvalue weighted by atomic mass is 19.1. The minimum atomic E-state index is -0.688. The minimum Gasteiger partial charge on any atom is -0.320 e. The molecule has 5 aromatic rings. The summed E-state index contributed by atoms with van der Waals surface area (Å²) in [4.78, 5) is 31.3. The molecule has 5 rings (SSSR count). The van der Waals surface area contributed by atoms with Gasteiger partial charge in [-0.15, -0.1) is 0 Å². The van der Waals surface area contributed by atoms with Crippen molar-refractivity contribution in [3.05, 3.63) is 129 Å². The average molecular weight is 444 g/mol. The monoisotopic (exact) mass is 444 g/mol. The van der Waals surface area contributed by atoms with Crippen LogP contribution in [0.4, 0.5) is 8.78 Å². The molecule has 6 nitrogen and oxygen atoms in total. The molecule has 0 unspecified atom stereocenters. The van der Waals surface area contributed by atoms with Crippen LogP contribution < -0.4 is 11.2 Å². The minimum absolute atomic E-state index is 0.150. The number of rotatable bonds is 5. The zero-order valence-electron chi connectivity index (χ0n) is 17.4. The van der Waals surface area contributed by atoms with Gasteiger partial charge in [-0.3, -0.25) is 9.36 Å². The fourth-order valence-corrected chi connectivity index (χ4v) is 3.84. The summed E-state index contributed by atoms with van der Waals surface area (Å²) >= 11 is 0. The van der Waals surface area contributed by atoms with Crippen LogP contribution in [0.5, 0.6) is 0 Å². The van der Waals surface area contributed by atoms with Crippen LogP contribution >= 0.6 is 0 Å². The van der Waals surface area contributed by atoms with Crippen LogP contribution in [-0.2, 0) is 13.1 Å². The van der Waals surface area contributed by atoms with E-state index >= 15 is 0 Å². The molecule has 0 saturated heterocycles. The van der Waals surface area contributed by atoms with E-state index in [1.807, 2.05) is 30.3 Å². The van der Waals surface area contributed by atoms with E-state index < -0.39 is 22.9 Å². The normalized spacial score (nSPS) is 11.2. The van der Waals surface area contributed by atoms with Crippen molar-refractivity contribution < 1.29 is 8.78 Å². The SMILES string of the molecule is O=c1c2c(ncn2Cc2ccccc2)n(-c2ccc(F)cc2)c(=O)n1Cc1ccccc1F. The summed E-state index contributed by atoms with van der Waals surface area (Å²) in [6.45, 7) is 0.103. The molecule has 0 aliphatic carbocycles. The van der Waals surface area contributed by atoms with E-state index in [4.69, 9.17) is 0 Å². The third-order valence-electron chi connectivity index (χ3n) is 5.47. The van der Waals surface area contributed by atoms with Gasteiger partial charge in [0.25, 0.3) is 5.56 Å². The van der Waals surface area contributed by atoms with E-state index in [0.29, 0.717) is 12.2 Å². The van der Waals surface area contributed by atoms with Gasteiger partial charge in [-0.05, 0) is 35.9 Å². The van der Waals surface area contributed by atoms with Crippen LogP contribution in [-0.4, -0.2) is 18.7 Å². The molecule has 0 atom stereocenters. The maximum absolute atomic E-state index is 14.3. The molecule has 8 heteroatoms. The lowest BCUT2D eigenvalue weighted by Gasteiger charge is -2.13. The molecule has 33 heavy (non-hydrogen) atoms. The van der Waals surface area contributed by atoms with Crippen LogP contribution in [0.25, 0.3) is 16.9 Å². The molecule has 3 aromatic carbocycles. The van der Waals surface area contributed by atoms with Crippen molar-refractivity contribution in [2.75, 3.05) is 0 Å². The van der Waals surface area contributed by atoms with Crippen LogP contribution in [0, 0.1) is 11.6 Å². The number of aromatic nitrogens is 4. The van der Waals surface area contributed by atoms with Gasteiger partial charge in [0.1, 0.15) is 11.6 Å². The molecule has 0 bridgehead atoms. The lowest BCUT2D eigenvalue weighted by atomic mass is 10.2. The van der Waals surface area contributed by atoms with Gasteiger partial charge in [0, 0.05) is 12.1 Å². The molecule has 0 radical (unpaired) electrons. The van der Waals surface area contributed by atoms with Crippen molar-refractivity contribution in [3.8, 4) is 5.69 Å². The molecule has 2 aromatic heterocycles. The van der Waals surface area contributed by atoms with E-state index in [0.717, 1.165) is 10.1 Å². The molecular formula is C25H18F2N4O2. The topological polar surface area (TPSA) is 61.8 Å². The first-order chi connectivity index (χ1) is 16.0. The summed E-state index contributed by atoms with van der Waals surface area (Å²) in [6, 6.07) is 20.8. The van der Waals surface area contributed by atoms with E-state index in [1.165, 1.54) is 53.4 Å². The number of fused-ring (bicyclic) bond motifs is 1. The summed E-state index contributed by atoms with van der Waals surface area (Å²) in [6.07, 6.45) is 1.49. The van der Waals surface area contributed by atoms with Gasteiger partial charge in [0.2, 0.25) is 0 Å². The summed E-state index contributed by atoms with van der Waals surface area (Å²) in [7, 11) is 0. The van der Waals surface area contributed by atoms with Gasteiger partial charge in [-0.2, -0.15) is 0 Å². The molecule has 2 heterocycles. The zero-order valence-corrected chi connectivity index (χ0v) is 17.4. The van der Waals surface area contributed by atoms with Crippen molar-refractivity contribution >= 4 is 11.2 Å². The highest BCUT2D eigenvalue weighted by Gasteiger charge is 2.20. The fourth-order valence-electron chi connectivity index (χ4n) is 3.84. The Morgan fingerprint density at radius 2 is 1.48 bits per heavy atom. The highest BCUT2D eigenvalue weighted by molar-refractivity contribution is 5.72. The molecule has 164 valence electrons. The van der Waals surface area contributed by atoms with Crippen LogP contribution in [0.2, 0.25) is 0 Å². The second kappa shape index (κ2) is 8.31. The second-order valence-electron chi connectivity index (χ2n) is 7.61. The van der Waals surface area contributed by atoms with E-state index in [2.05, 4.69) is 4.98 Å². The maximum atomic E-state index is 14.3. The average Bonchev–Trinajstić information content (AvgIpc) is 3.23. The predicted molar refractivity (Wildman–Crippen MR) is 121 cm³/mol. The fraction of sp³-hybridized carbons (Fsp3) is 0.0800. The summed E-state index contributed by atoms with van der Waals surface area (Å²) < 4.78 is 31.8. The van der Waals surface area contributed by atoms with Gasteiger partial charge in [-0.1, -0.05) is 48.5 Å². The first kappa shape index (κ1) is 20.6. The quantitative estimate of drug-likeness (QED) is 0.415. The first-order valence-corrected chi connectivity index (χ1v) is 10.3. The molecular weight excluding hydrogens is 426 g/mol. The molecule has 0 amide bonds. The summed E-state index contributed by atoms with van der Waals surface area (Å²) in [5.74, 6) is -0.979. The van der Waals surface area contributed by atoms with Crippen LogP contribution in [0.1, 0.15) is 11.1 Å². The largest absolute Gasteiger partial charge is 0.337 e. The number of nitrogens with zero attached hydrogens (tertiary/aromatic N) is 4. The van der Waals surface area contributed by atoms with Crippen molar-refractivity contribution in [1.82, 2.24) is 18.7 Å². The van der Waals surface area contributed by atoms with Gasteiger partial charge in [-0.25, -0.2) is 23.1 Å². The number of hydrogen-bond acceptors (Lipinski definition) is 3. The van der Waals surface area contributed by atoms with Gasteiger partial charge >= 0.3 is 5.69 Å². The zero-order chi connectivity index (χ0) is 22.9. The lowest BCUT2D eigenvalue weighted by molar-refractivity contribution is 0.586. The van der Waals surface area contributed by atoms with E-state index in [9.17, 15) is 18.4 Å². The van der Waals surface area contributed by atoms with Gasteiger partial charge in [0.05, 0.1) is 18.6 Å². The molecule has 0 spiro atoms. The van der Waals surface area contributed by atoms with Crippen molar-refractivity contribution in [3.63, 3.8) is 0 Å². The summed E-state index contributed by atoms with van der Waals surface area (Å²) in [5.41, 5.74) is 0.569. The summed E-state index contributed by atoms with van der Waals surface area (Å²) in [5, 5.41) is 0. The standard InChI is InChI=1S/C25H18F2N4O2/c26-19-10-12-20(13-11-19)31-23-22(29(16-28-23)14-17-6-2-1-3-7-17)24(32)30(25(31)33)15-18-8-4-5-9-21(18)27/h1-13,16H,14-15H2. The van der Waals surface area contributed by atoms with Crippen molar-refractivity contribution in [1.29, 1.82) is 0 Å². The Morgan fingerprint density at radius 3 is 2.21 bits per heavy atom. The predicted octanol–water partition coefficient (Wildman–Crippen LogP) is 3.72. The molecule has 0 N–H and O–H groups in total. The van der Waals surface area contributed by atoms with Gasteiger partial charge < -0.3 is 4.57 Å². The molecule has 0 aliphatic heterocycles. The van der Waals surface area contributed by atoms with Crippen LogP contribution in [0.15, 0.2) is 94.8 Å². The lowest BCUT2D eigenvalue weighted by Crippen LogP contribution is -2.40. The molecule has 0 aliphatic rings. The van der Waals surface area contributed by atoms with Crippen molar-refractivity contribution in [2.24, 2.45) is 0 Å². The number of halogens is 2. The van der Waals surface area contributed by atoms with E-state index in [1.54, 1.807) is 10.6 Å². The Labute approximate surface area is 186 Å². The Balaban J connectivity index is 1.77. The third-order valence-corrected chi connectivity index (χ3v) is 5.47.